The number of ether oxygens (including phenoxy) is 1. The molecule has 1 aromatic rings. The molecule has 0 bridgehead atoms. The van der Waals surface area contributed by atoms with Crippen LogP contribution in [0.4, 0.5) is 10.2 Å². The average Bonchev–Trinajstić information content (AvgIpc) is 2.26. The highest BCUT2D eigenvalue weighted by molar-refractivity contribution is 5.35. The van der Waals surface area contributed by atoms with Gasteiger partial charge in [-0.1, -0.05) is 0 Å². The molecular weight excluding hydrogens is 199 g/mol. The van der Waals surface area contributed by atoms with Crippen molar-refractivity contribution < 1.29 is 9.13 Å². The van der Waals surface area contributed by atoms with E-state index in [2.05, 4.69) is 15.4 Å². The molecule has 1 aliphatic heterocycles. The minimum atomic E-state index is -0.399. The Kier molecular flexibility index (Phi) is 3.08. The van der Waals surface area contributed by atoms with Crippen LogP contribution >= 0.6 is 0 Å². The molecule has 0 atom stereocenters. The van der Waals surface area contributed by atoms with Gasteiger partial charge in [0.25, 0.3) is 0 Å². The Hall–Kier alpha value is -1.27. The molecule has 1 aromatic heterocycles. The molecule has 2 rings (SSSR count). The second-order valence-corrected chi connectivity index (χ2v) is 3.33. The van der Waals surface area contributed by atoms with Gasteiger partial charge in [-0.05, 0) is 6.92 Å². The summed E-state index contributed by atoms with van der Waals surface area (Å²) in [5, 5.41) is 1.88. The van der Waals surface area contributed by atoms with E-state index in [-0.39, 0.29) is 5.82 Å². The van der Waals surface area contributed by atoms with Crippen LogP contribution in [-0.4, -0.2) is 41.3 Å². The monoisotopic (exact) mass is 212 g/mol. The van der Waals surface area contributed by atoms with Crippen LogP contribution in [0.2, 0.25) is 0 Å². The minimum absolute atomic E-state index is 0.226. The van der Waals surface area contributed by atoms with Crippen LogP contribution in [-0.2, 0) is 4.74 Å². The SMILES string of the molecule is Cc1ncnc(NN2CCOCC2)c1F. The van der Waals surface area contributed by atoms with Crippen LogP contribution in [0.25, 0.3) is 0 Å². The molecule has 0 radical (unpaired) electrons. The first-order valence-corrected chi connectivity index (χ1v) is 4.84. The van der Waals surface area contributed by atoms with E-state index in [4.69, 9.17) is 4.74 Å². The van der Waals surface area contributed by atoms with Gasteiger partial charge in [-0.25, -0.2) is 19.4 Å². The van der Waals surface area contributed by atoms with Crippen LogP contribution in [0.5, 0.6) is 0 Å². The van der Waals surface area contributed by atoms with E-state index in [1.54, 1.807) is 6.92 Å². The Balaban J connectivity index is 2.06. The van der Waals surface area contributed by atoms with Crippen molar-refractivity contribution >= 4 is 5.82 Å². The number of rotatable bonds is 2. The second kappa shape index (κ2) is 4.50. The minimum Gasteiger partial charge on any atom is -0.379 e. The molecular formula is C9H13FN4O. The highest BCUT2D eigenvalue weighted by Gasteiger charge is 2.14. The standard InChI is InChI=1S/C9H13FN4O/c1-7-8(10)9(12-6-11-7)13-14-2-4-15-5-3-14/h6H,2-5H2,1H3,(H,11,12,13). The van der Waals surface area contributed by atoms with E-state index >= 15 is 0 Å². The molecule has 0 aromatic carbocycles. The summed E-state index contributed by atoms with van der Waals surface area (Å²) in [6.45, 7) is 4.36. The molecule has 1 fully saturated rings. The van der Waals surface area contributed by atoms with Crippen molar-refractivity contribution in [3.8, 4) is 0 Å². The summed E-state index contributed by atoms with van der Waals surface area (Å²) in [6.07, 6.45) is 1.35. The zero-order chi connectivity index (χ0) is 10.7. The maximum Gasteiger partial charge on any atom is 0.187 e. The molecule has 1 aliphatic rings. The number of hydrogen-bond donors (Lipinski definition) is 1. The molecule has 0 saturated carbocycles. The van der Waals surface area contributed by atoms with Crippen molar-refractivity contribution in [2.45, 2.75) is 6.92 Å². The molecule has 82 valence electrons. The van der Waals surface area contributed by atoms with Crippen molar-refractivity contribution in [2.75, 3.05) is 31.7 Å². The molecule has 6 heteroatoms. The molecule has 2 heterocycles. The summed E-state index contributed by atoms with van der Waals surface area (Å²) in [5.74, 6) is -0.173. The van der Waals surface area contributed by atoms with Gasteiger partial charge in [0, 0.05) is 13.1 Å². The van der Waals surface area contributed by atoms with E-state index in [9.17, 15) is 4.39 Å². The van der Waals surface area contributed by atoms with Gasteiger partial charge < -0.3 is 10.2 Å². The number of nitrogens with one attached hydrogen (secondary N) is 1. The summed E-state index contributed by atoms with van der Waals surface area (Å²) < 4.78 is 18.7. The lowest BCUT2D eigenvalue weighted by Crippen LogP contribution is -2.40. The van der Waals surface area contributed by atoms with Gasteiger partial charge in [-0.15, -0.1) is 0 Å². The van der Waals surface area contributed by atoms with Crippen molar-refractivity contribution in [2.24, 2.45) is 0 Å². The van der Waals surface area contributed by atoms with E-state index in [1.807, 2.05) is 5.01 Å². The van der Waals surface area contributed by atoms with Crippen LogP contribution < -0.4 is 5.43 Å². The summed E-state index contributed by atoms with van der Waals surface area (Å²) >= 11 is 0. The molecule has 0 spiro atoms. The summed E-state index contributed by atoms with van der Waals surface area (Å²) in [6, 6.07) is 0. The predicted molar refractivity (Wildman–Crippen MR) is 52.7 cm³/mol. The number of nitrogens with zero attached hydrogens (tertiary/aromatic N) is 3. The number of aromatic nitrogens is 2. The Labute approximate surface area is 87.2 Å². The molecule has 0 unspecified atom stereocenters. The summed E-state index contributed by atoms with van der Waals surface area (Å²) in [7, 11) is 0. The molecule has 5 nitrogen and oxygen atoms in total. The normalized spacial score (nSPS) is 17.7. The Morgan fingerprint density at radius 1 is 1.40 bits per heavy atom. The number of halogens is 1. The molecule has 0 aliphatic carbocycles. The number of hydrogen-bond acceptors (Lipinski definition) is 5. The van der Waals surface area contributed by atoms with Gasteiger partial charge >= 0.3 is 0 Å². The smallest absolute Gasteiger partial charge is 0.187 e. The number of morpholine rings is 1. The average molecular weight is 212 g/mol. The maximum absolute atomic E-state index is 13.5. The fraction of sp³-hybridized carbons (Fsp3) is 0.556. The lowest BCUT2D eigenvalue weighted by molar-refractivity contribution is 0.0492. The Morgan fingerprint density at radius 2 is 2.13 bits per heavy atom. The first-order chi connectivity index (χ1) is 7.27. The lowest BCUT2D eigenvalue weighted by Gasteiger charge is -2.27. The quantitative estimate of drug-likeness (QED) is 0.777. The van der Waals surface area contributed by atoms with Crippen molar-refractivity contribution in [3.63, 3.8) is 0 Å². The summed E-state index contributed by atoms with van der Waals surface area (Å²) in [4.78, 5) is 7.62. The highest BCUT2D eigenvalue weighted by Crippen LogP contribution is 2.12. The van der Waals surface area contributed by atoms with Crippen LogP contribution in [0.1, 0.15) is 5.69 Å². The van der Waals surface area contributed by atoms with Crippen LogP contribution in [0.3, 0.4) is 0 Å². The Bertz CT molecular complexity index is 341. The third-order valence-corrected chi connectivity index (χ3v) is 2.24. The van der Waals surface area contributed by atoms with Crippen molar-refractivity contribution in [1.29, 1.82) is 0 Å². The number of hydrazine groups is 1. The van der Waals surface area contributed by atoms with Gasteiger partial charge in [0.15, 0.2) is 11.6 Å². The highest BCUT2D eigenvalue weighted by atomic mass is 19.1. The third-order valence-electron chi connectivity index (χ3n) is 2.24. The number of aryl methyl sites for hydroxylation is 1. The molecule has 1 saturated heterocycles. The van der Waals surface area contributed by atoms with Crippen LogP contribution in [0, 0.1) is 12.7 Å². The van der Waals surface area contributed by atoms with E-state index in [1.165, 1.54) is 6.33 Å². The molecule has 15 heavy (non-hydrogen) atoms. The van der Waals surface area contributed by atoms with Crippen molar-refractivity contribution in [3.05, 3.63) is 17.8 Å². The van der Waals surface area contributed by atoms with Gasteiger partial charge in [-0.3, -0.25) is 0 Å². The zero-order valence-electron chi connectivity index (χ0n) is 8.53. The Morgan fingerprint density at radius 3 is 2.87 bits per heavy atom. The van der Waals surface area contributed by atoms with Gasteiger partial charge in [0.1, 0.15) is 6.33 Å². The van der Waals surface area contributed by atoms with Gasteiger partial charge in [0.05, 0.1) is 18.9 Å². The van der Waals surface area contributed by atoms with Crippen LogP contribution in [0.15, 0.2) is 6.33 Å². The fourth-order valence-corrected chi connectivity index (χ4v) is 1.36. The second-order valence-electron chi connectivity index (χ2n) is 3.33. The first kappa shape index (κ1) is 10.3. The van der Waals surface area contributed by atoms with Gasteiger partial charge in [-0.2, -0.15) is 0 Å². The van der Waals surface area contributed by atoms with E-state index < -0.39 is 5.82 Å². The van der Waals surface area contributed by atoms with Crippen molar-refractivity contribution in [1.82, 2.24) is 15.0 Å². The third kappa shape index (κ3) is 2.40. The predicted octanol–water partition coefficient (Wildman–Crippen LogP) is 0.583. The molecule has 0 amide bonds. The van der Waals surface area contributed by atoms with E-state index in [0.717, 1.165) is 13.1 Å². The molecule has 1 N–H and O–H groups in total. The summed E-state index contributed by atoms with van der Waals surface area (Å²) in [5.41, 5.74) is 3.27. The van der Waals surface area contributed by atoms with Gasteiger partial charge in [0.2, 0.25) is 0 Å². The zero-order valence-corrected chi connectivity index (χ0v) is 8.53. The fourth-order valence-electron chi connectivity index (χ4n) is 1.36. The maximum atomic E-state index is 13.5. The largest absolute Gasteiger partial charge is 0.379 e. The topological polar surface area (TPSA) is 50.3 Å². The lowest BCUT2D eigenvalue weighted by atomic mass is 10.4. The number of anilines is 1. The first-order valence-electron chi connectivity index (χ1n) is 4.84. The van der Waals surface area contributed by atoms with E-state index in [0.29, 0.717) is 18.9 Å².